The van der Waals surface area contributed by atoms with Crippen molar-refractivity contribution in [1.82, 2.24) is 19.6 Å². The second kappa shape index (κ2) is 9.14. The standard InChI is InChI=1S/C14H16N4O.C4H4O4.CH4/c19-14(16-13-8-17-5-3-10(13)7-17)12-6-11-2-1-4-18(11)9-15-12;5-3(6)1-2-4(7)8;/h1-2,4,6,9-10,13H,3,5,7-8H2,(H,16,19);1-2H,(H,5,6)(H,7,8);1H4/b;2-1+;/t10-,13-;;/m0../s1. The van der Waals surface area contributed by atoms with Gasteiger partial charge in [-0.15, -0.1) is 0 Å². The molecule has 0 aromatic carbocycles. The van der Waals surface area contributed by atoms with Crippen LogP contribution in [-0.4, -0.2) is 68.0 Å². The predicted molar refractivity (Wildman–Crippen MR) is 102 cm³/mol. The van der Waals surface area contributed by atoms with Crippen LogP contribution in [0.15, 0.2) is 42.9 Å². The number of carboxylic acids is 2. The molecule has 0 spiro atoms. The molecule has 2 saturated heterocycles. The quantitative estimate of drug-likeness (QED) is 0.670. The third kappa shape index (κ3) is 5.17. The van der Waals surface area contributed by atoms with Gasteiger partial charge in [-0.1, -0.05) is 7.43 Å². The van der Waals surface area contributed by atoms with Crippen molar-refractivity contribution in [2.24, 2.45) is 5.92 Å². The summed E-state index contributed by atoms with van der Waals surface area (Å²) in [7, 11) is 0. The fraction of sp³-hybridized carbons (Fsp3) is 0.368. The second-order valence-electron chi connectivity index (χ2n) is 6.51. The molecule has 9 heteroatoms. The summed E-state index contributed by atoms with van der Waals surface area (Å²) >= 11 is 0. The number of aromatic nitrogens is 2. The molecular weight excluding hydrogens is 364 g/mol. The lowest BCUT2D eigenvalue weighted by molar-refractivity contribution is -0.134. The van der Waals surface area contributed by atoms with Gasteiger partial charge in [-0.3, -0.25) is 4.79 Å². The van der Waals surface area contributed by atoms with Crippen LogP contribution in [0.4, 0.5) is 0 Å². The molecule has 2 bridgehead atoms. The zero-order valence-electron chi connectivity index (χ0n) is 14.5. The molecule has 28 heavy (non-hydrogen) atoms. The summed E-state index contributed by atoms with van der Waals surface area (Å²) in [5.41, 5.74) is 1.50. The summed E-state index contributed by atoms with van der Waals surface area (Å²) < 4.78 is 1.90. The number of nitrogens with one attached hydrogen (secondary N) is 1. The van der Waals surface area contributed by atoms with E-state index in [1.165, 1.54) is 13.0 Å². The molecule has 0 aliphatic carbocycles. The van der Waals surface area contributed by atoms with Crippen LogP contribution < -0.4 is 5.32 Å². The molecule has 2 aliphatic rings. The van der Waals surface area contributed by atoms with Crippen molar-refractivity contribution >= 4 is 23.4 Å². The van der Waals surface area contributed by atoms with Crippen molar-refractivity contribution in [3.63, 3.8) is 0 Å². The van der Waals surface area contributed by atoms with Gasteiger partial charge < -0.3 is 24.8 Å². The van der Waals surface area contributed by atoms with Gasteiger partial charge in [0.1, 0.15) is 5.69 Å². The highest BCUT2D eigenvalue weighted by molar-refractivity contribution is 5.93. The van der Waals surface area contributed by atoms with E-state index < -0.39 is 11.9 Å². The molecule has 0 saturated carbocycles. The van der Waals surface area contributed by atoms with Crippen LogP contribution in [-0.2, 0) is 9.59 Å². The number of carbonyl (C=O) groups is 3. The Morgan fingerprint density at radius 3 is 2.46 bits per heavy atom. The van der Waals surface area contributed by atoms with Gasteiger partial charge in [0.05, 0.1) is 6.33 Å². The lowest BCUT2D eigenvalue weighted by Gasteiger charge is -2.22. The lowest BCUT2D eigenvalue weighted by atomic mass is 10.00. The highest BCUT2D eigenvalue weighted by Crippen LogP contribution is 2.27. The molecule has 1 unspecified atom stereocenters. The van der Waals surface area contributed by atoms with Crippen LogP contribution in [0.2, 0.25) is 0 Å². The number of amides is 1. The Hall–Kier alpha value is -3.20. The Morgan fingerprint density at radius 1 is 1.18 bits per heavy atom. The number of hydrogen-bond donors (Lipinski definition) is 3. The molecule has 150 valence electrons. The molecule has 9 nitrogen and oxygen atoms in total. The van der Waals surface area contributed by atoms with Gasteiger partial charge in [0.25, 0.3) is 5.91 Å². The highest BCUT2D eigenvalue weighted by atomic mass is 16.4. The first-order valence-corrected chi connectivity index (χ1v) is 8.52. The molecule has 3 N–H and O–H groups in total. The number of nitrogens with zero attached hydrogens (tertiary/aromatic N) is 3. The third-order valence-electron chi connectivity index (χ3n) is 4.67. The van der Waals surface area contributed by atoms with E-state index in [0.717, 1.165) is 18.6 Å². The van der Waals surface area contributed by atoms with E-state index in [1.807, 2.05) is 28.8 Å². The average Bonchev–Trinajstić information content (AvgIpc) is 3.36. The SMILES string of the molecule is C.O=C(N[C@H]1CN2CC[C@H]1C2)c1cc2cccn2cn1.O=C(O)/C=C/C(=O)O. The van der Waals surface area contributed by atoms with Gasteiger partial charge in [-0.25, -0.2) is 14.6 Å². The van der Waals surface area contributed by atoms with Crippen LogP contribution in [0.5, 0.6) is 0 Å². The maximum atomic E-state index is 12.2. The average molecular weight is 388 g/mol. The van der Waals surface area contributed by atoms with Crippen molar-refractivity contribution in [3.05, 3.63) is 48.6 Å². The van der Waals surface area contributed by atoms with Crippen LogP contribution in [0.1, 0.15) is 24.3 Å². The van der Waals surface area contributed by atoms with E-state index in [9.17, 15) is 14.4 Å². The largest absolute Gasteiger partial charge is 0.478 e. The Bertz CT molecular complexity index is 875. The smallest absolute Gasteiger partial charge is 0.328 e. The molecule has 2 fully saturated rings. The minimum absolute atomic E-state index is 0. The zero-order valence-corrected chi connectivity index (χ0v) is 14.5. The van der Waals surface area contributed by atoms with Crippen molar-refractivity contribution in [2.75, 3.05) is 19.6 Å². The third-order valence-corrected chi connectivity index (χ3v) is 4.67. The molecule has 4 rings (SSSR count). The van der Waals surface area contributed by atoms with E-state index in [-0.39, 0.29) is 13.3 Å². The fourth-order valence-electron chi connectivity index (χ4n) is 3.39. The Labute approximate surface area is 162 Å². The monoisotopic (exact) mass is 388 g/mol. The zero-order chi connectivity index (χ0) is 19.4. The molecular formula is C19H24N4O5. The summed E-state index contributed by atoms with van der Waals surface area (Å²) in [4.78, 5) is 38.0. The summed E-state index contributed by atoms with van der Waals surface area (Å²) in [6.45, 7) is 3.31. The molecule has 1 amide bonds. The number of rotatable bonds is 4. The minimum Gasteiger partial charge on any atom is -0.478 e. The van der Waals surface area contributed by atoms with Crippen molar-refractivity contribution in [2.45, 2.75) is 19.9 Å². The molecule has 2 aromatic heterocycles. The Morgan fingerprint density at radius 2 is 1.89 bits per heavy atom. The van der Waals surface area contributed by atoms with Crippen molar-refractivity contribution in [1.29, 1.82) is 0 Å². The first-order valence-electron chi connectivity index (χ1n) is 8.52. The van der Waals surface area contributed by atoms with Gasteiger partial charge in [0.15, 0.2) is 0 Å². The minimum atomic E-state index is -1.26. The van der Waals surface area contributed by atoms with E-state index in [2.05, 4.69) is 15.2 Å². The van der Waals surface area contributed by atoms with Gasteiger partial charge in [-0.05, 0) is 37.1 Å². The Kier molecular flexibility index (Phi) is 6.89. The van der Waals surface area contributed by atoms with Crippen LogP contribution in [0.3, 0.4) is 0 Å². The number of carboxylic acid groups (broad SMARTS) is 2. The fourth-order valence-corrected chi connectivity index (χ4v) is 3.39. The maximum absolute atomic E-state index is 12.2. The van der Waals surface area contributed by atoms with Crippen molar-refractivity contribution < 1.29 is 24.6 Å². The predicted octanol–water partition coefficient (Wildman–Crippen LogP) is 1.12. The number of carbonyl (C=O) groups excluding carboxylic acids is 1. The van der Waals surface area contributed by atoms with E-state index >= 15 is 0 Å². The van der Waals surface area contributed by atoms with Crippen LogP contribution in [0.25, 0.3) is 5.52 Å². The molecule has 4 heterocycles. The van der Waals surface area contributed by atoms with Gasteiger partial charge in [0.2, 0.25) is 0 Å². The first-order chi connectivity index (χ1) is 12.9. The van der Waals surface area contributed by atoms with E-state index in [0.29, 0.717) is 29.8 Å². The van der Waals surface area contributed by atoms with E-state index in [1.54, 1.807) is 6.33 Å². The topological polar surface area (TPSA) is 124 Å². The highest BCUT2D eigenvalue weighted by Gasteiger charge is 2.38. The number of hydrogen-bond acceptors (Lipinski definition) is 5. The number of aliphatic carboxylic acids is 2. The number of piperidine rings is 1. The number of fused-ring (bicyclic) bond motifs is 3. The van der Waals surface area contributed by atoms with Crippen LogP contribution in [0, 0.1) is 5.92 Å². The molecule has 3 atom stereocenters. The summed E-state index contributed by atoms with van der Waals surface area (Å²) in [5.74, 6) is -1.94. The summed E-state index contributed by atoms with van der Waals surface area (Å²) in [6.07, 6.45) is 5.93. The van der Waals surface area contributed by atoms with Gasteiger partial charge >= 0.3 is 11.9 Å². The lowest BCUT2D eigenvalue weighted by Crippen LogP contribution is -2.43. The summed E-state index contributed by atoms with van der Waals surface area (Å²) in [5, 5.41) is 18.8. The normalized spacial score (nSPS) is 22.4. The van der Waals surface area contributed by atoms with Crippen molar-refractivity contribution in [3.8, 4) is 0 Å². The van der Waals surface area contributed by atoms with Gasteiger partial charge in [-0.2, -0.15) is 0 Å². The van der Waals surface area contributed by atoms with E-state index in [4.69, 9.17) is 10.2 Å². The Balaban J connectivity index is 0.000000270. The molecule has 0 radical (unpaired) electrons. The first kappa shape index (κ1) is 21.1. The summed E-state index contributed by atoms with van der Waals surface area (Å²) in [6, 6.07) is 6.05. The molecule has 2 aliphatic heterocycles. The second-order valence-corrected chi connectivity index (χ2v) is 6.51. The molecule has 2 aromatic rings. The van der Waals surface area contributed by atoms with Crippen LogP contribution >= 0.6 is 0 Å². The van der Waals surface area contributed by atoms with Gasteiger partial charge in [0, 0.05) is 43.0 Å². The maximum Gasteiger partial charge on any atom is 0.328 e.